The lowest BCUT2D eigenvalue weighted by Gasteiger charge is -2.12. The van der Waals surface area contributed by atoms with Gasteiger partial charge < -0.3 is 5.73 Å². The Labute approximate surface area is 136 Å². The first-order chi connectivity index (χ1) is 11.0. The number of nitrogens with two attached hydrogens (primary N) is 1. The predicted octanol–water partition coefficient (Wildman–Crippen LogP) is 4.25. The second kappa shape index (κ2) is 7.10. The number of anilines is 1. The Balaban J connectivity index is 2.81. The summed E-state index contributed by atoms with van der Waals surface area (Å²) in [4.78, 5) is 22.2. The number of thioether (sulfide) groups is 1. The van der Waals surface area contributed by atoms with Crippen LogP contribution in [0.3, 0.4) is 0 Å². The van der Waals surface area contributed by atoms with Gasteiger partial charge in [-0.1, -0.05) is 19.1 Å². The first-order valence-corrected chi connectivity index (χ1v) is 7.89. The van der Waals surface area contributed by atoms with E-state index < -0.39 is 9.85 Å². The van der Waals surface area contributed by atoms with E-state index in [2.05, 4.69) is 0 Å². The molecule has 0 bridgehead atoms. The largest absolute Gasteiger partial charge is 0.398 e. The molecule has 7 nitrogen and oxygen atoms in total. The number of nitrogen functional groups attached to an aromatic ring is 1. The van der Waals surface area contributed by atoms with Crippen molar-refractivity contribution < 1.29 is 9.85 Å². The molecule has 0 saturated heterocycles. The normalized spacial score (nSPS) is 10.5. The summed E-state index contributed by atoms with van der Waals surface area (Å²) in [5.41, 5.74) is 5.95. The van der Waals surface area contributed by atoms with Crippen molar-refractivity contribution in [2.75, 3.05) is 11.5 Å². The number of hydrogen-bond acceptors (Lipinski definition) is 6. The Morgan fingerprint density at radius 1 is 1.00 bits per heavy atom. The van der Waals surface area contributed by atoms with Crippen LogP contribution < -0.4 is 5.73 Å². The van der Waals surface area contributed by atoms with E-state index in [0.29, 0.717) is 4.90 Å². The topological polar surface area (TPSA) is 112 Å². The summed E-state index contributed by atoms with van der Waals surface area (Å²) in [6, 6.07) is 8.90. The minimum absolute atomic E-state index is 0.100. The van der Waals surface area contributed by atoms with Crippen molar-refractivity contribution in [3.63, 3.8) is 0 Å². The second-order valence-corrected chi connectivity index (χ2v) is 5.89. The van der Waals surface area contributed by atoms with Crippen LogP contribution in [0, 0.1) is 20.2 Å². The van der Waals surface area contributed by atoms with Crippen molar-refractivity contribution >= 4 is 28.8 Å². The highest BCUT2D eigenvalue weighted by Gasteiger charge is 2.27. The van der Waals surface area contributed by atoms with Crippen molar-refractivity contribution in [1.29, 1.82) is 0 Å². The Morgan fingerprint density at radius 2 is 1.57 bits per heavy atom. The molecule has 120 valence electrons. The van der Waals surface area contributed by atoms with Gasteiger partial charge in [-0.3, -0.25) is 20.2 Å². The maximum Gasteiger partial charge on any atom is 0.279 e. The number of nitro groups is 2. The van der Waals surface area contributed by atoms with Gasteiger partial charge in [-0.25, -0.2) is 0 Å². The Kier molecular flexibility index (Phi) is 5.17. The van der Waals surface area contributed by atoms with Gasteiger partial charge in [-0.15, -0.1) is 11.8 Å². The molecule has 23 heavy (non-hydrogen) atoms. The summed E-state index contributed by atoms with van der Waals surface area (Å²) in [6.07, 6.45) is 0.874. The van der Waals surface area contributed by atoms with E-state index in [4.69, 9.17) is 5.73 Å². The first kappa shape index (κ1) is 16.8. The van der Waals surface area contributed by atoms with E-state index in [0.717, 1.165) is 12.2 Å². The molecular weight excluding hydrogens is 318 g/mol. The predicted molar refractivity (Wildman–Crippen MR) is 90.6 cm³/mol. The van der Waals surface area contributed by atoms with Gasteiger partial charge >= 0.3 is 0 Å². The summed E-state index contributed by atoms with van der Waals surface area (Å²) in [5.74, 6) is 0.745. The van der Waals surface area contributed by atoms with Crippen molar-refractivity contribution in [2.24, 2.45) is 0 Å². The lowest BCUT2D eigenvalue weighted by atomic mass is 10.00. The van der Waals surface area contributed by atoms with Crippen molar-refractivity contribution in [2.45, 2.75) is 18.2 Å². The molecule has 0 radical (unpaired) electrons. The maximum atomic E-state index is 11.4. The molecule has 0 unspecified atom stereocenters. The average Bonchev–Trinajstić information content (AvgIpc) is 2.52. The van der Waals surface area contributed by atoms with E-state index in [1.165, 1.54) is 36.0 Å². The fraction of sp³-hybridized carbons (Fsp3) is 0.200. The summed E-state index contributed by atoms with van der Waals surface area (Å²) in [6.45, 7) is 1.99. The molecule has 0 saturated carbocycles. The number of nitrogens with zero attached hydrogens (tertiary/aromatic N) is 2. The van der Waals surface area contributed by atoms with Crippen LogP contribution in [0.4, 0.5) is 17.1 Å². The van der Waals surface area contributed by atoms with Gasteiger partial charge in [0.25, 0.3) is 11.4 Å². The van der Waals surface area contributed by atoms with Gasteiger partial charge in [0.1, 0.15) is 0 Å². The quantitative estimate of drug-likeness (QED) is 0.366. The number of rotatable bonds is 6. The monoisotopic (exact) mass is 333 g/mol. The minimum Gasteiger partial charge on any atom is -0.398 e. The van der Waals surface area contributed by atoms with Crippen molar-refractivity contribution in [3.8, 4) is 11.1 Å². The molecule has 0 spiro atoms. The summed E-state index contributed by atoms with van der Waals surface area (Å²) < 4.78 is 0. The SMILES string of the molecule is CCCSc1cccc([N+](=O)[O-])c1-c1c(N)cccc1[N+](=O)[O-]. The van der Waals surface area contributed by atoms with Crippen LogP contribution >= 0.6 is 11.8 Å². The smallest absolute Gasteiger partial charge is 0.279 e. The fourth-order valence-electron chi connectivity index (χ4n) is 2.24. The molecule has 0 aliphatic carbocycles. The van der Waals surface area contributed by atoms with Crippen LogP contribution in [0.25, 0.3) is 11.1 Å². The Hall–Kier alpha value is -2.61. The highest BCUT2D eigenvalue weighted by atomic mass is 32.2. The lowest BCUT2D eigenvalue weighted by molar-refractivity contribution is -0.386. The van der Waals surface area contributed by atoms with Crippen LogP contribution in [0.2, 0.25) is 0 Å². The third-order valence-corrected chi connectivity index (χ3v) is 4.45. The third kappa shape index (κ3) is 3.42. The Bertz CT molecular complexity index is 764. The van der Waals surface area contributed by atoms with Crippen molar-refractivity contribution in [1.82, 2.24) is 0 Å². The molecule has 2 N–H and O–H groups in total. The minimum atomic E-state index is -0.573. The molecule has 2 aromatic carbocycles. The molecule has 0 aliphatic rings. The first-order valence-electron chi connectivity index (χ1n) is 6.90. The van der Waals surface area contributed by atoms with E-state index in [-0.39, 0.29) is 28.2 Å². The highest BCUT2D eigenvalue weighted by Crippen LogP contribution is 2.45. The standard InChI is InChI=1S/C15H15N3O4S/c1-2-9-23-13-8-4-7-12(18(21)22)15(13)14-10(16)5-3-6-11(14)17(19)20/h3-8H,2,9,16H2,1H3. The highest BCUT2D eigenvalue weighted by molar-refractivity contribution is 7.99. The summed E-state index contributed by atoms with van der Waals surface area (Å²) in [5, 5.41) is 22.7. The number of benzene rings is 2. The molecule has 0 fully saturated rings. The van der Waals surface area contributed by atoms with E-state index in [9.17, 15) is 20.2 Å². The van der Waals surface area contributed by atoms with Gasteiger partial charge in [0.05, 0.1) is 21.0 Å². The molecule has 0 heterocycles. The van der Waals surface area contributed by atoms with E-state index in [1.807, 2.05) is 6.92 Å². The van der Waals surface area contributed by atoms with Crippen LogP contribution in [0.1, 0.15) is 13.3 Å². The van der Waals surface area contributed by atoms with Crippen LogP contribution in [0.15, 0.2) is 41.3 Å². The number of hydrogen-bond donors (Lipinski definition) is 1. The van der Waals surface area contributed by atoms with Crippen LogP contribution in [-0.4, -0.2) is 15.6 Å². The van der Waals surface area contributed by atoms with Gasteiger partial charge in [-0.2, -0.15) is 0 Å². The maximum absolute atomic E-state index is 11.4. The summed E-state index contributed by atoms with van der Waals surface area (Å²) in [7, 11) is 0. The zero-order chi connectivity index (χ0) is 17.0. The molecule has 0 atom stereocenters. The zero-order valence-electron chi connectivity index (χ0n) is 12.4. The van der Waals surface area contributed by atoms with E-state index in [1.54, 1.807) is 12.1 Å². The molecule has 0 amide bonds. The second-order valence-electron chi connectivity index (χ2n) is 4.75. The number of nitro benzene ring substituents is 2. The zero-order valence-corrected chi connectivity index (χ0v) is 13.2. The van der Waals surface area contributed by atoms with Gasteiger partial charge in [0.15, 0.2) is 0 Å². The molecular formula is C15H15N3O4S. The summed E-state index contributed by atoms with van der Waals surface area (Å²) >= 11 is 1.42. The van der Waals surface area contributed by atoms with E-state index >= 15 is 0 Å². The lowest BCUT2D eigenvalue weighted by Crippen LogP contribution is -2.01. The van der Waals surface area contributed by atoms with Gasteiger partial charge in [-0.05, 0) is 24.3 Å². The fourth-order valence-corrected chi connectivity index (χ4v) is 3.19. The molecule has 2 aromatic rings. The third-order valence-electron chi connectivity index (χ3n) is 3.18. The molecule has 2 rings (SSSR count). The molecule has 0 aliphatic heterocycles. The molecule has 8 heteroatoms. The van der Waals surface area contributed by atoms with Gasteiger partial charge in [0.2, 0.25) is 0 Å². The average molecular weight is 333 g/mol. The van der Waals surface area contributed by atoms with Gasteiger partial charge in [0, 0.05) is 22.7 Å². The van der Waals surface area contributed by atoms with Crippen LogP contribution in [0.5, 0.6) is 0 Å². The van der Waals surface area contributed by atoms with Crippen molar-refractivity contribution in [3.05, 3.63) is 56.6 Å². The Morgan fingerprint density at radius 3 is 2.13 bits per heavy atom. The molecule has 0 aromatic heterocycles. The van der Waals surface area contributed by atoms with Crippen LogP contribution in [-0.2, 0) is 0 Å².